The first kappa shape index (κ1) is 14.5. The van der Waals surface area contributed by atoms with E-state index in [-0.39, 0.29) is 6.42 Å². The average Bonchev–Trinajstić information content (AvgIpc) is 2.38. The van der Waals surface area contributed by atoms with E-state index in [0.29, 0.717) is 5.56 Å². The van der Waals surface area contributed by atoms with Crippen LogP contribution in [0.1, 0.15) is 24.5 Å². The third kappa shape index (κ3) is 2.84. The smallest absolute Gasteiger partial charge is 0.374 e. The van der Waals surface area contributed by atoms with Crippen molar-refractivity contribution in [2.45, 2.75) is 25.7 Å². The fraction of sp³-hybridized carbons (Fsp3) is 0.250. The summed E-state index contributed by atoms with van der Waals surface area (Å²) in [5, 5.41) is 9.00. The lowest BCUT2D eigenvalue weighted by Crippen LogP contribution is -2.39. The van der Waals surface area contributed by atoms with E-state index in [0.717, 1.165) is 5.56 Å². The molecule has 1 unspecified atom stereocenters. The van der Waals surface area contributed by atoms with Gasteiger partial charge in [0.25, 0.3) is 5.78 Å². The monoisotopic (exact) mass is 254 g/mol. The molecule has 0 heterocycles. The molecular formula is C16H14O3. The first-order chi connectivity index (χ1) is 8.97. The summed E-state index contributed by atoms with van der Waals surface area (Å²) in [6, 6.07) is 6.98. The van der Waals surface area contributed by atoms with Crippen molar-refractivity contribution in [2.75, 3.05) is 0 Å². The lowest BCUT2D eigenvalue weighted by molar-refractivity contribution is -0.150. The number of carboxylic acid groups (broad SMARTS) is 1. The van der Waals surface area contributed by atoms with Crippen LogP contribution in [0.5, 0.6) is 0 Å². The highest BCUT2D eigenvalue weighted by molar-refractivity contribution is 6.37. The lowest BCUT2D eigenvalue weighted by Gasteiger charge is -2.23. The molecule has 0 saturated heterocycles. The summed E-state index contributed by atoms with van der Waals surface area (Å²) in [6.45, 7) is 3.45. The molecular weight excluding hydrogens is 240 g/mol. The van der Waals surface area contributed by atoms with Crippen LogP contribution in [-0.2, 0) is 15.0 Å². The summed E-state index contributed by atoms with van der Waals surface area (Å²) in [5.74, 6) is 5.13. The molecule has 0 aliphatic carbocycles. The Balaban J connectivity index is 3.51. The molecule has 0 spiro atoms. The van der Waals surface area contributed by atoms with E-state index in [2.05, 4.69) is 17.8 Å². The van der Waals surface area contributed by atoms with Gasteiger partial charge in [-0.25, -0.2) is 4.79 Å². The highest BCUT2D eigenvalue weighted by Crippen LogP contribution is 2.29. The third-order valence-corrected chi connectivity index (χ3v) is 2.83. The van der Waals surface area contributed by atoms with Crippen molar-refractivity contribution in [3.8, 4) is 24.2 Å². The van der Waals surface area contributed by atoms with E-state index in [4.69, 9.17) is 11.5 Å². The number of aryl methyl sites for hydroxylation is 1. The molecule has 19 heavy (non-hydrogen) atoms. The number of carboxylic acids is 1. The minimum Gasteiger partial charge on any atom is -0.475 e. The number of rotatable bonds is 4. The summed E-state index contributed by atoms with van der Waals surface area (Å²) in [7, 11) is 0. The van der Waals surface area contributed by atoms with E-state index in [1.54, 1.807) is 31.2 Å². The van der Waals surface area contributed by atoms with Crippen molar-refractivity contribution in [1.29, 1.82) is 0 Å². The number of aliphatic carboxylic acids is 1. The van der Waals surface area contributed by atoms with Crippen LogP contribution in [-0.4, -0.2) is 16.9 Å². The molecule has 0 amide bonds. The first-order valence-electron chi connectivity index (χ1n) is 5.70. The number of hydrogen-bond acceptors (Lipinski definition) is 2. The Morgan fingerprint density at radius 2 is 1.89 bits per heavy atom. The number of carbonyl (C=O) groups is 2. The van der Waals surface area contributed by atoms with Crippen molar-refractivity contribution in [3.63, 3.8) is 0 Å². The van der Waals surface area contributed by atoms with Crippen molar-refractivity contribution in [3.05, 3.63) is 35.4 Å². The van der Waals surface area contributed by atoms with Crippen molar-refractivity contribution in [1.82, 2.24) is 0 Å². The predicted molar refractivity (Wildman–Crippen MR) is 72.4 cm³/mol. The summed E-state index contributed by atoms with van der Waals surface area (Å²) in [4.78, 5) is 23.1. The second-order valence-electron chi connectivity index (χ2n) is 4.16. The lowest BCUT2D eigenvalue weighted by atomic mass is 9.74. The molecule has 1 aromatic carbocycles. The molecule has 1 rings (SSSR count). The van der Waals surface area contributed by atoms with E-state index < -0.39 is 17.2 Å². The highest BCUT2D eigenvalue weighted by atomic mass is 16.4. The molecule has 0 saturated carbocycles. The van der Waals surface area contributed by atoms with Crippen LogP contribution in [0.3, 0.4) is 0 Å². The molecule has 0 aliphatic rings. The molecule has 3 heteroatoms. The van der Waals surface area contributed by atoms with E-state index in [9.17, 15) is 9.59 Å². The van der Waals surface area contributed by atoms with Crippen molar-refractivity contribution in [2.24, 2.45) is 0 Å². The zero-order chi connectivity index (χ0) is 14.5. The van der Waals surface area contributed by atoms with Crippen LogP contribution in [0.4, 0.5) is 0 Å². The quantitative estimate of drug-likeness (QED) is 0.660. The zero-order valence-corrected chi connectivity index (χ0v) is 10.9. The minimum absolute atomic E-state index is 0.0674. The molecule has 0 aliphatic heterocycles. The Kier molecular flexibility index (Phi) is 4.51. The van der Waals surface area contributed by atoms with E-state index in [1.165, 1.54) is 0 Å². The summed E-state index contributed by atoms with van der Waals surface area (Å²) in [5.41, 5.74) is 0.0478. The van der Waals surface area contributed by atoms with Crippen molar-refractivity contribution < 1.29 is 14.7 Å². The van der Waals surface area contributed by atoms with Crippen LogP contribution in [0, 0.1) is 31.1 Å². The third-order valence-electron chi connectivity index (χ3n) is 2.83. The van der Waals surface area contributed by atoms with Crippen LogP contribution in [0.25, 0.3) is 0 Å². The average molecular weight is 254 g/mol. The second kappa shape index (κ2) is 5.89. The van der Waals surface area contributed by atoms with Gasteiger partial charge in [-0.2, -0.15) is 0 Å². The van der Waals surface area contributed by atoms with E-state index in [1.807, 2.05) is 6.92 Å². The Bertz CT molecular complexity index is 594. The number of benzene rings is 1. The van der Waals surface area contributed by atoms with Crippen molar-refractivity contribution >= 4 is 11.8 Å². The summed E-state index contributed by atoms with van der Waals surface area (Å²) >= 11 is 0. The predicted octanol–water partition coefficient (Wildman–Crippen LogP) is 1.93. The fourth-order valence-electron chi connectivity index (χ4n) is 1.87. The molecule has 0 radical (unpaired) electrons. The molecule has 3 nitrogen and oxygen atoms in total. The van der Waals surface area contributed by atoms with Gasteiger partial charge in [0.2, 0.25) is 0 Å². The van der Waals surface area contributed by atoms with Gasteiger partial charge >= 0.3 is 5.97 Å². The van der Waals surface area contributed by atoms with Gasteiger partial charge in [-0.1, -0.05) is 35.7 Å². The normalized spacial score (nSPS) is 12.5. The molecule has 1 atom stereocenters. The van der Waals surface area contributed by atoms with Gasteiger partial charge in [0.05, 0.1) is 0 Å². The fourth-order valence-corrected chi connectivity index (χ4v) is 1.87. The van der Waals surface area contributed by atoms with Gasteiger partial charge in [0, 0.05) is 6.42 Å². The maximum Gasteiger partial charge on any atom is 0.374 e. The van der Waals surface area contributed by atoms with Gasteiger partial charge < -0.3 is 5.11 Å². The van der Waals surface area contributed by atoms with Crippen LogP contribution in [0.15, 0.2) is 24.3 Å². The van der Waals surface area contributed by atoms with Crippen LogP contribution < -0.4 is 0 Å². The summed E-state index contributed by atoms with van der Waals surface area (Å²) in [6.07, 6.45) is 5.22. The molecule has 96 valence electrons. The Labute approximate surface area is 112 Å². The standard InChI is InChI=1S/C16H14O3/c1-4-10-16(11-5-2,14(17)15(18)19)13-8-6-12(3)7-9-13/h1,6-9H,10H2,2-3H3,(H,18,19). The SMILES string of the molecule is C#CCC(C#CC)(C(=O)C(=O)O)c1ccc(C)cc1. The number of Topliss-reactive ketones (excluding diaryl/α,β-unsaturated/α-hetero) is 1. The number of hydrogen-bond donors (Lipinski definition) is 1. The second-order valence-corrected chi connectivity index (χ2v) is 4.16. The molecule has 0 bridgehead atoms. The molecule has 1 N–H and O–H groups in total. The Morgan fingerprint density at radius 1 is 1.32 bits per heavy atom. The number of ketones is 1. The largest absolute Gasteiger partial charge is 0.475 e. The number of terminal acetylenes is 1. The Morgan fingerprint density at radius 3 is 2.32 bits per heavy atom. The minimum atomic E-state index is -1.53. The van der Waals surface area contributed by atoms with Gasteiger partial charge in [0.15, 0.2) is 0 Å². The maximum absolute atomic E-state index is 12.0. The van der Waals surface area contributed by atoms with Gasteiger partial charge in [-0.05, 0) is 19.4 Å². The maximum atomic E-state index is 12.0. The topological polar surface area (TPSA) is 54.4 Å². The molecule has 1 aromatic rings. The van der Waals surface area contributed by atoms with E-state index >= 15 is 0 Å². The number of carbonyl (C=O) groups excluding carboxylic acids is 1. The summed E-state index contributed by atoms with van der Waals surface area (Å²) < 4.78 is 0. The van der Waals surface area contributed by atoms with Gasteiger partial charge in [-0.15, -0.1) is 18.3 Å². The van der Waals surface area contributed by atoms with Crippen LogP contribution >= 0.6 is 0 Å². The zero-order valence-electron chi connectivity index (χ0n) is 10.9. The van der Waals surface area contributed by atoms with Gasteiger partial charge in [-0.3, -0.25) is 4.79 Å². The molecule has 0 fully saturated rings. The first-order valence-corrected chi connectivity index (χ1v) is 5.70. The Hall–Kier alpha value is -2.52. The molecule has 0 aromatic heterocycles. The van der Waals surface area contributed by atoms with Gasteiger partial charge in [0.1, 0.15) is 5.41 Å². The van der Waals surface area contributed by atoms with Crippen LogP contribution in [0.2, 0.25) is 0 Å². The highest BCUT2D eigenvalue weighted by Gasteiger charge is 2.42.